The van der Waals surface area contributed by atoms with Crippen molar-refractivity contribution < 1.29 is 0 Å². The maximum atomic E-state index is 2.50. The first-order valence-electron chi connectivity index (χ1n) is 5.50. The second-order valence-electron chi connectivity index (χ2n) is 4.21. The summed E-state index contributed by atoms with van der Waals surface area (Å²) < 4.78 is 0. The highest BCUT2D eigenvalue weighted by atomic mass is 14.2. The van der Waals surface area contributed by atoms with Gasteiger partial charge >= 0.3 is 0 Å². The number of hydrogen-bond acceptors (Lipinski definition) is 0. The van der Waals surface area contributed by atoms with Gasteiger partial charge in [-0.15, -0.1) is 0 Å². The van der Waals surface area contributed by atoms with E-state index in [9.17, 15) is 0 Å². The zero-order valence-electron chi connectivity index (χ0n) is 8.60. The van der Waals surface area contributed by atoms with Crippen molar-refractivity contribution in [3.63, 3.8) is 0 Å². The Balaban J connectivity index is 2.25. The summed E-state index contributed by atoms with van der Waals surface area (Å²) in [5, 5.41) is 0. The van der Waals surface area contributed by atoms with Crippen LogP contribution in [-0.4, -0.2) is 0 Å². The van der Waals surface area contributed by atoms with E-state index in [4.69, 9.17) is 0 Å². The zero-order chi connectivity index (χ0) is 8.81. The van der Waals surface area contributed by atoms with Crippen molar-refractivity contribution in [2.45, 2.75) is 58.8 Å². The maximum Gasteiger partial charge on any atom is -0.0294 e. The lowest BCUT2D eigenvalue weighted by Crippen LogP contribution is -2.04. The van der Waals surface area contributed by atoms with E-state index >= 15 is 0 Å². The van der Waals surface area contributed by atoms with Gasteiger partial charge in [0.2, 0.25) is 0 Å². The van der Waals surface area contributed by atoms with Crippen LogP contribution in [0.1, 0.15) is 58.8 Å². The van der Waals surface area contributed by atoms with Gasteiger partial charge in [0.05, 0.1) is 0 Å². The maximum absolute atomic E-state index is 2.50. The van der Waals surface area contributed by atoms with Crippen molar-refractivity contribution in [2.24, 2.45) is 5.92 Å². The lowest BCUT2D eigenvalue weighted by atomic mass is 9.86. The lowest BCUT2D eigenvalue weighted by Gasteiger charge is -2.20. The minimum atomic E-state index is 0.951. The molecule has 0 nitrogen and oxygen atoms in total. The van der Waals surface area contributed by atoms with Crippen LogP contribution in [0.25, 0.3) is 0 Å². The van der Waals surface area contributed by atoms with Crippen LogP contribution in [-0.2, 0) is 0 Å². The SMILES string of the molecule is CCCCC=C1CCCC(C)C1. The molecule has 0 aromatic heterocycles. The van der Waals surface area contributed by atoms with Gasteiger partial charge in [-0.1, -0.05) is 44.8 Å². The first-order valence-corrected chi connectivity index (χ1v) is 5.50. The van der Waals surface area contributed by atoms with E-state index in [2.05, 4.69) is 19.9 Å². The number of hydrogen-bond donors (Lipinski definition) is 0. The quantitative estimate of drug-likeness (QED) is 0.433. The van der Waals surface area contributed by atoms with Crippen molar-refractivity contribution in [2.75, 3.05) is 0 Å². The van der Waals surface area contributed by atoms with E-state index in [1.807, 2.05) is 0 Å². The Morgan fingerprint density at radius 3 is 3.00 bits per heavy atom. The van der Waals surface area contributed by atoms with Gasteiger partial charge in [0.25, 0.3) is 0 Å². The summed E-state index contributed by atoms with van der Waals surface area (Å²) in [5.41, 5.74) is 1.74. The summed E-state index contributed by atoms with van der Waals surface area (Å²) in [7, 11) is 0. The molecular formula is C12H22. The van der Waals surface area contributed by atoms with E-state index in [0.29, 0.717) is 0 Å². The van der Waals surface area contributed by atoms with Gasteiger partial charge in [0, 0.05) is 0 Å². The van der Waals surface area contributed by atoms with Crippen molar-refractivity contribution in [1.82, 2.24) is 0 Å². The molecule has 0 spiro atoms. The molecule has 0 aromatic rings. The molecule has 1 aliphatic carbocycles. The molecule has 0 radical (unpaired) electrons. The van der Waals surface area contributed by atoms with Crippen LogP contribution in [0.4, 0.5) is 0 Å². The molecule has 1 saturated carbocycles. The average molecular weight is 166 g/mol. The molecule has 0 saturated heterocycles. The fourth-order valence-corrected chi connectivity index (χ4v) is 2.02. The summed E-state index contributed by atoms with van der Waals surface area (Å²) in [4.78, 5) is 0. The molecule has 0 bridgehead atoms. The Kier molecular flexibility index (Phi) is 4.42. The molecule has 1 aliphatic rings. The highest BCUT2D eigenvalue weighted by Gasteiger charge is 2.11. The molecule has 0 amide bonds. The van der Waals surface area contributed by atoms with E-state index in [1.165, 1.54) is 44.9 Å². The first kappa shape index (κ1) is 9.83. The normalized spacial score (nSPS) is 27.8. The average Bonchev–Trinajstić information content (AvgIpc) is 2.05. The molecule has 70 valence electrons. The van der Waals surface area contributed by atoms with Crippen LogP contribution in [0.15, 0.2) is 11.6 Å². The Hall–Kier alpha value is -0.260. The molecule has 0 N–H and O–H groups in total. The Morgan fingerprint density at radius 1 is 1.50 bits per heavy atom. The third-order valence-electron chi connectivity index (χ3n) is 2.80. The molecule has 0 heteroatoms. The van der Waals surface area contributed by atoms with Crippen LogP contribution >= 0.6 is 0 Å². The minimum absolute atomic E-state index is 0.951. The van der Waals surface area contributed by atoms with E-state index in [1.54, 1.807) is 5.57 Å². The van der Waals surface area contributed by atoms with Gasteiger partial charge in [-0.05, 0) is 31.6 Å². The van der Waals surface area contributed by atoms with Crippen molar-refractivity contribution in [1.29, 1.82) is 0 Å². The van der Waals surface area contributed by atoms with Crippen molar-refractivity contribution >= 4 is 0 Å². The summed E-state index contributed by atoms with van der Waals surface area (Å²) in [5.74, 6) is 0.951. The van der Waals surface area contributed by atoms with Crippen molar-refractivity contribution in [3.8, 4) is 0 Å². The van der Waals surface area contributed by atoms with Gasteiger partial charge in [0.1, 0.15) is 0 Å². The summed E-state index contributed by atoms with van der Waals surface area (Å²) in [6.45, 7) is 4.65. The van der Waals surface area contributed by atoms with Crippen LogP contribution in [0.2, 0.25) is 0 Å². The van der Waals surface area contributed by atoms with E-state index < -0.39 is 0 Å². The molecule has 0 aromatic carbocycles. The largest absolute Gasteiger partial charge is 0.0853 e. The second kappa shape index (κ2) is 5.40. The summed E-state index contributed by atoms with van der Waals surface area (Å²) in [6.07, 6.45) is 12.2. The highest BCUT2D eigenvalue weighted by molar-refractivity contribution is 5.05. The monoisotopic (exact) mass is 166 g/mol. The third kappa shape index (κ3) is 3.42. The minimum Gasteiger partial charge on any atom is -0.0853 e. The van der Waals surface area contributed by atoms with Gasteiger partial charge in [-0.25, -0.2) is 0 Å². The van der Waals surface area contributed by atoms with Gasteiger partial charge < -0.3 is 0 Å². The fourth-order valence-electron chi connectivity index (χ4n) is 2.02. The molecular weight excluding hydrogens is 144 g/mol. The first-order chi connectivity index (χ1) is 5.83. The van der Waals surface area contributed by atoms with Crippen LogP contribution < -0.4 is 0 Å². The summed E-state index contributed by atoms with van der Waals surface area (Å²) in [6, 6.07) is 0. The second-order valence-corrected chi connectivity index (χ2v) is 4.21. The number of allylic oxidation sites excluding steroid dienone is 2. The molecule has 1 fully saturated rings. The molecule has 0 heterocycles. The predicted molar refractivity (Wildman–Crippen MR) is 55.2 cm³/mol. The molecule has 1 atom stereocenters. The van der Waals surface area contributed by atoms with Crippen molar-refractivity contribution in [3.05, 3.63) is 11.6 Å². The summed E-state index contributed by atoms with van der Waals surface area (Å²) >= 11 is 0. The number of unbranched alkanes of at least 4 members (excludes halogenated alkanes) is 2. The zero-order valence-corrected chi connectivity index (χ0v) is 8.60. The van der Waals surface area contributed by atoms with Crippen LogP contribution in [0.5, 0.6) is 0 Å². The fraction of sp³-hybridized carbons (Fsp3) is 0.833. The van der Waals surface area contributed by atoms with E-state index in [-0.39, 0.29) is 0 Å². The number of rotatable bonds is 3. The van der Waals surface area contributed by atoms with Gasteiger partial charge in [-0.3, -0.25) is 0 Å². The molecule has 0 aliphatic heterocycles. The Labute approximate surface area is 77.1 Å². The predicted octanol–water partition coefficient (Wildman–Crippen LogP) is 4.31. The van der Waals surface area contributed by atoms with E-state index in [0.717, 1.165) is 5.92 Å². The van der Waals surface area contributed by atoms with Crippen LogP contribution in [0.3, 0.4) is 0 Å². The van der Waals surface area contributed by atoms with Gasteiger partial charge in [-0.2, -0.15) is 0 Å². The van der Waals surface area contributed by atoms with Gasteiger partial charge in [0.15, 0.2) is 0 Å². The molecule has 12 heavy (non-hydrogen) atoms. The molecule has 1 unspecified atom stereocenters. The highest BCUT2D eigenvalue weighted by Crippen LogP contribution is 2.28. The lowest BCUT2D eigenvalue weighted by molar-refractivity contribution is 0.451. The third-order valence-corrected chi connectivity index (χ3v) is 2.80. The smallest absolute Gasteiger partial charge is 0.0294 e. The Morgan fingerprint density at radius 2 is 2.33 bits per heavy atom. The topological polar surface area (TPSA) is 0 Å². The standard InChI is InChI=1S/C12H22/c1-3-4-5-8-12-9-6-7-11(2)10-12/h8,11H,3-7,9-10H2,1-2H3. The van der Waals surface area contributed by atoms with Crippen LogP contribution in [0, 0.1) is 5.92 Å². The Bertz CT molecular complexity index is 144. The molecule has 1 rings (SSSR count).